The monoisotopic (exact) mass is 237 g/mol. The fourth-order valence-corrected chi connectivity index (χ4v) is 1.13. The molecule has 2 rings (SSSR count). The molecule has 0 aliphatic carbocycles. The van der Waals surface area contributed by atoms with Gasteiger partial charge in [0.05, 0.1) is 13.1 Å². The van der Waals surface area contributed by atoms with Crippen molar-refractivity contribution in [2.75, 3.05) is 0 Å². The molecule has 0 aliphatic rings. The summed E-state index contributed by atoms with van der Waals surface area (Å²) in [6, 6.07) is 3.59. The molecule has 0 radical (unpaired) electrons. The Labute approximate surface area is 99.8 Å². The van der Waals surface area contributed by atoms with Crippen LogP contribution in [0.3, 0.4) is 0 Å². The van der Waals surface area contributed by atoms with Crippen molar-refractivity contribution < 1.29 is 0 Å². The molecule has 0 saturated carbocycles. The molecule has 0 unspecified atom stereocenters. The van der Waals surface area contributed by atoms with Gasteiger partial charge in [-0.25, -0.2) is 19.9 Å². The summed E-state index contributed by atoms with van der Waals surface area (Å²) in [5, 5.41) is 3.17. The Morgan fingerprint density at radius 1 is 0.750 bits per heavy atom. The number of rotatable bonds is 4. The predicted molar refractivity (Wildman–Crippen MR) is 61.9 cm³/mol. The van der Waals surface area contributed by atoms with E-state index in [4.69, 9.17) is 0 Å². The Kier molecular flexibility index (Phi) is 5.31. The second-order valence-corrected chi connectivity index (χ2v) is 2.93. The number of halogens is 1. The minimum absolute atomic E-state index is 0. The average molecular weight is 238 g/mol. The molecule has 0 fully saturated rings. The SMILES string of the molecule is Cl.c1cnc(CNCc2ncccn2)nc1. The Balaban J connectivity index is 0.00000128. The van der Waals surface area contributed by atoms with Crippen LogP contribution in [0.15, 0.2) is 36.9 Å². The molecule has 84 valence electrons. The summed E-state index contributed by atoms with van der Waals surface area (Å²) in [6.45, 7) is 1.25. The predicted octanol–water partition coefficient (Wildman–Crippen LogP) is 0.978. The maximum atomic E-state index is 4.10. The maximum Gasteiger partial charge on any atom is 0.141 e. The lowest BCUT2D eigenvalue weighted by Crippen LogP contribution is -2.16. The van der Waals surface area contributed by atoms with Crippen LogP contribution >= 0.6 is 12.4 Å². The van der Waals surface area contributed by atoms with Crippen LogP contribution in [-0.2, 0) is 13.1 Å². The summed E-state index contributed by atoms with van der Waals surface area (Å²) in [5.41, 5.74) is 0. The van der Waals surface area contributed by atoms with Crippen molar-refractivity contribution >= 4 is 12.4 Å². The minimum atomic E-state index is 0. The van der Waals surface area contributed by atoms with Crippen molar-refractivity contribution in [2.45, 2.75) is 13.1 Å². The molecule has 0 bridgehead atoms. The molecule has 1 N–H and O–H groups in total. The molecule has 0 aromatic carbocycles. The quantitative estimate of drug-likeness (QED) is 0.859. The van der Waals surface area contributed by atoms with Gasteiger partial charge < -0.3 is 5.32 Å². The third-order valence-electron chi connectivity index (χ3n) is 1.80. The lowest BCUT2D eigenvalue weighted by Gasteiger charge is -2.01. The highest BCUT2D eigenvalue weighted by atomic mass is 35.5. The van der Waals surface area contributed by atoms with Gasteiger partial charge in [0.15, 0.2) is 0 Å². The molecule has 0 aliphatic heterocycles. The Bertz CT molecular complexity index is 355. The number of nitrogens with one attached hydrogen (secondary N) is 1. The van der Waals surface area contributed by atoms with Crippen LogP contribution in [0, 0.1) is 0 Å². The van der Waals surface area contributed by atoms with Crippen LogP contribution in [0.1, 0.15) is 11.6 Å². The molecule has 2 heterocycles. The molecule has 0 amide bonds. The first kappa shape index (κ1) is 12.5. The average Bonchev–Trinajstić information content (AvgIpc) is 2.32. The fraction of sp³-hybridized carbons (Fsp3) is 0.200. The third-order valence-corrected chi connectivity index (χ3v) is 1.80. The third kappa shape index (κ3) is 3.88. The zero-order valence-corrected chi connectivity index (χ0v) is 9.39. The van der Waals surface area contributed by atoms with Crippen LogP contribution in [0.5, 0.6) is 0 Å². The molecule has 16 heavy (non-hydrogen) atoms. The van der Waals surface area contributed by atoms with E-state index >= 15 is 0 Å². The summed E-state index contributed by atoms with van der Waals surface area (Å²) < 4.78 is 0. The molecule has 2 aromatic rings. The van der Waals surface area contributed by atoms with E-state index in [1.54, 1.807) is 36.9 Å². The summed E-state index contributed by atoms with van der Waals surface area (Å²) >= 11 is 0. The first-order valence-corrected chi connectivity index (χ1v) is 4.67. The zero-order chi connectivity index (χ0) is 10.3. The Morgan fingerprint density at radius 2 is 1.12 bits per heavy atom. The molecule has 0 atom stereocenters. The molecule has 6 heteroatoms. The van der Waals surface area contributed by atoms with E-state index < -0.39 is 0 Å². The van der Waals surface area contributed by atoms with Gasteiger partial charge in [-0.05, 0) is 12.1 Å². The van der Waals surface area contributed by atoms with Gasteiger partial charge in [0.25, 0.3) is 0 Å². The van der Waals surface area contributed by atoms with E-state index in [1.165, 1.54) is 0 Å². The molecule has 0 saturated heterocycles. The molecular weight excluding hydrogens is 226 g/mol. The minimum Gasteiger partial charge on any atom is -0.303 e. The lowest BCUT2D eigenvalue weighted by molar-refractivity contribution is 0.638. The van der Waals surface area contributed by atoms with E-state index in [0.29, 0.717) is 13.1 Å². The molecular formula is C10H12ClN5. The highest BCUT2D eigenvalue weighted by Gasteiger charge is 1.96. The van der Waals surface area contributed by atoms with Crippen molar-refractivity contribution in [1.29, 1.82) is 0 Å². The summed E-state index contributed by atoms with van der Waals surface area (Å²) in [6.07, 6.45) is 6.90. The zero-order valence-electron chi connectivity index (χ0n) is 8.58. The van der Waals surface area contributed by atoms with Crippen LogP contribution < -0.4 is 5.32 Å². The van der Waals surface area contributed by atoms with Crippen molar-refractivity contribution in [3.63, 3.8) is 0 Å². The van der Waals surface area contributed by atoms with E-state index in [1.807, 2.05) is 0 Å². The Morgan fingerprint density at radius 3 is 1.50 bits per heavy atom. The molecule has 2 aromatic heterocycles. The molecule has 0 spiro atoms. The van der Waals surface area contributed by atoms with Crippen molar-refractivity contribution in [3.05, 3.63) is 48.6 Å². The largest absolute Gasteiger partial charge is 0.303 e. The lowest BCUT2D eigenvalue weighted by atomic mass is 10.5. The van der Waals surface area contributed by atoms with Crippen molar-refractivity contribution in [1.82, 2.24) is 25.3 Å². The summed E-state index contributed by atoms with van der Waals surface area (Å²) in [7, 11) is 0. The first-order valence-electron chi connectivity index (χ1n) is 4.67. The number of hydrogen-bond donors (Lipinski definition) is 1. The van der Waals surface area contributed by atoms with Gasteiger partial charge in [-0.3, -0.25) is 0 Å². The first-order chi connectivity index (χ1) is 7.45. The normalized spacial score (nSPS) is 9.50. The molecule has 5 nitrogen and oxygen atoms in total. The van der Waals surface area contributed by atoms with Crippen LogP contribution in [-0.4, -0.2) is 19.9 Å². The van der Waals surface area contributed by atoms with E-state index in [9.17, 15) is 0 Å². The Hall–Kier alpha value is -1.59. The smallest absolute Gasteiger partial charge is 0.141 e. The number of hydrogen-bond acceptors (Lipinski definition) is 5. The second kappa shape index (κ2) is 6.81. The highest BCUT2D eigenvalue weighted by Crippen LogP contribution is 1.89. The number of nitrogens with zero attached hydrogens (tertiary/aromatic N) is 4. The van der Waals surface area contributed by atoms with E-state index in [0.717, 1.165) is 11.6 Å². The summed E-state index contributed by atoms with van der Waals surface area (Å²) in [5.74, 6) is 1.54. The second-order valence-electron chi connectivity index (χ2n) is 2.93. The van der Waals surface area contributed by atoms with Crippen LogP contribution in [0.4, 0.5) is 0 Å². The van der Waals surface area contributed by atoms with Gasteiger partial charge >= 0.3 is 0 Å². The summed E-state index contributed by atoms with van der Waals surface area (Å²) in [4.78, 5) is 16.4. The van der Waals surface area contributed by atoms with Crippen molar-refractivity contribution in [2.24, 2.45) is 0 Å². The highest BCUT2D eigenvalue weighted by molar-refractivity contribution is 5.85. The topological polar surface area (TPSA) is 63.6 Å². The van der Waals surface area contributed by atoms with Gasteiger partial charge in [0.1, 0.15) is 11.6 Å². The fourth-order valence-electron chi connectivity index (χ4n) is 1.13. The van der Waals surface area contributed by atoms with E-state index in [-0.39, 0.29) is 12.4 Å². The van der Waals surface area contributed by atoms with Gasteiger partial charge in [-0.1, -0.05) is 0 Å². The van der Waals surface area contributed by atoms with Crippen LogP contribution in [0.2, 0.25) is 0 Å². The van der Waals surface area contributed by atoms with E-state index in [2.05, 4.69) is 25.3 Å². The van der Waals surface area contributed by atoms with Crippen LogP contribution in [0.25, 0.3) is 0 Å². The number of aromatic nitrogens is 4. The van der Waals surface area contributed by atoms with Crippen molar-refractivity contribution in [3.8, 4) is 0 Å². The van der Waals surface area contributed by atoms with Gasteiger partial charge in [-0.15, -0.1) is 12.4 Å². The maximum absolute atomic E-state index is 4.10. The van der Waals surface area contributed by atoms with Gasteiger partial charge in [-0.2, -0.15) is 0 Å². The standard InChI is InChI=1S/C10H11N5.ClH/c1-3-12-9(13-4-1)7-11-8-10-14-5-2-6-15-10;/h1-6,11H,7-8H2;1H. The van der Waals surface area contributed by atoms with Gasteiger partial charge in [0.2, 0.25) is 0 Å². The van der Waals surface area contributed by atoms with Gasteiger partial charge in [0, 0.05) is 24.8 Å².